The van der Waals surface area contributed by atoms with Crippen LogP contribution in [0.2, 0.25) is 0 Å². The molecule has 1 amide bonds. The Labute approximate surface area is 105 Å². The molecule has 17 heavy (non-hydrogen) atoms. The van der Waals surface area contributed by atoms with Gasteiger partial charge in [-0.25, -0.2) is 0 Å². The first-order chi connectivity index (χ1) is 8.22. The molecule has 2 rings (SSSR count). The van der Waals surface area contributed by atoms with Crippen LogP contribution in [0.3, 0.4) is 0 Å². The summed E-state index contributed by atoms with van der Waals surface area (Å²) in [4.78, 5) is 14.7. The standard InChI is InChI=1S/C14H26N2O/c1-3-16(13-6-4-5-7-13)14(17)12-9-8-11(2)15-10-12/h11-13,15H,3-10H2,1-2H3. The fraction of sp³-hybridized carbons (Fsp3) is 0.929. The molecule has 0 aromatic heterocycles. The van der Waals surface area contributed by atoms with Crippen LogP contribution in [-0.2, 0) is 4.79 Å². The first-order valence-corrected chi connectivity index (χ1v) is 7.26. The van der Waals surface area contributed by atoms with Crippen LogP contribution in [0.15, 0.2) is 0 Å². The van der Waals surface area contributed by atoms with E-state index in [-0.39, 0.29) is 5.92 Å². The Bertz CT molecular complexity index is 253. The van der Waals surface area contributed by atoms with Crippen LogP contribution >= 0.6 is 0 Å². The second-order valence-electron chi connectivity index (χ2n) is 5.65. The third kappa shape index (κ3) is 3.01. The minimum absolute atomic E-state index is 0.228. The maximum Gasteiger partial charge on any atom is 0.227 e. The van der Waals surface area contributed by atoms with Crippen LogP contribution in [0.4, 0.5) is 0 Å². The van der Waals surface area contributed by atoms with E-state index in [1.807, 2.05) is 0 Å². The molecule has 0 aromatic rings. The van der Waals surface area contributed by atoms with Crippen LogP contribution in [0.5, 0.6) is 0 Å². The lowest BCUT2D eigenvalue weighted by Gasteiger charge is -2.34. The van der Waals surface area contributed by atoms with Crippen molar-refractivity contribution in [3.8, 4) is 0 Å². The van der Waals surface area contributed by atoms with Crippen LogP contribution in [0.1, 0.15) is 52.4 Å². The molecular formula is C14H26N2O. The third-order valence-corrected chi connectivity index (χ3v) is 4.40. The van der Waals surface area contributed by atoms with Gasteiger partial charge in [0.2, 0.25) is 5.91 Å². The van der Waals surface area contributed by atoms with E-state index in [1.165, 1.54) is 25.7 Å². The zero-order valence-electron chi connectivity index (χ0n) is 11.2. The lowest BCUT2D eigenvalue weighted by atomic mass is 9.93. The van der Waals surface area contributed by atoms with E-state index < -0.39 is 0 Å². The van der Waals surface area contributed by atoms with Crippen LogP contribution in [0, 0.1) is 5.92 Å². The van der Waals surface area contributed by atoms with Gasteiger partial charge in [0.1, 0.15) is 0 Å². The van der Waals surface area contributed by atoms with Crippen molar-refractivity contribution in [2.45, 2.75) is 64.5 Å². The van der Waals surface area contributed by atoms with Crippen LogP contribution in [-0.4, -0.2) is 36.0 Å². The van der Waals surface area contributed by atoms with Gasteiger partial charge in [0.25, 0.3) is 0 Å². The smallest absolute Gasteiger partial charge is 0.227 e. The summed E-state index contributed by atoms with van der Waals surface area (Å²) >= 11 is 0. The van der Waals surface area contributed by atoms with E-state index >= 15 is 0 Å². The van der Waals surface area contributed by atoms with Gasteiger partial charge in [-0.3, -0.25) is 4.79 Å². The molecule has 2 fully saturated rings. The van der Waals surface area contributed by atoms with Crippen molar-refractivity contribution in [3.05, 3.63) is 0 Å². The van der Waals surface area contributed by atoms with Crippen molar-refractivity contribution < 1.29 is 4.79 Å². The summed E-state index contributed by atoms with van der Waals surface area (Å²) < 4.78 is 0. The molecular weight excluding hydrogens is 212 g/mol. The summed E-state index contributed by atoms with van der Waals surface area (Å²) in [5.74, 6) is 0.630. The molecule has 0 bridgehead atoms. The molecule has 0 radical (unpaired) electrons. The fourth-order valence-electron chi connectivity index (χ4n) is 3.25. The van der Waals surface area contributed by atoms with Crippen molar-refractivity contribution in [2.75, 3.05) is 13.1 Å². The topological polar surface area (TPSA) is 32.3 Å². The number of hydrogen-bond donors (Lipinski definition) is 1. The Balaban J connectivity index is 1.92. The predicted molar refractivity (Wildman–Crippen MR) is 69.8 cm³/mol. The molecule has 3 heteroatoms. The Kier molecular flexibility index (Phi) is 4.43. The maximum atomic E-state index is 12.5. The van der Waals surface area contributed by atoms with Crippen molar-refractivity contribution in [3.63, 3.8) is 0 Å². The van der Waals surface area contributed by atoms with Gasteiger partial charge in [-0.2, -0.15) is 0 Å². The van der Waals surface area contributed by atoms with E-state index in [9.17, 15) is 4.79 Å². The Morgan fingerprint density at radius 3 is 2.47 bits per heavy atom. The Morgan fingerprint density at radius 2 is 1.94 bits per heavy atom. The quantitative estimate of drug-likeness (QED) is 0.817. The first kappa shape index (κ1) is 12.9. The molecule has 1 aliphatic carbocycles. The SMILES string of the molecule is CCN(C(=O)C1CCC(C)NC1)C1CCCC1. The zero-order valence-corrected chi connectivity index (χ0v) is 11.2. The van der Waals surface area contributed by atoms with E-state index in [0.717, 1.165) is 25.9 Å². The van der Waals surface area contributed by atoms with E-state index in [2.05, 4.69) is 24.1 Å². The molecule has 2 aliphatic rings. The molecule has 0 aromatic carbocycles. The number of rotatable bonds is 3. The minimum Gasteiger partial charge on any atom is -0.340 e. The third-order valence-electron chi connectivity index (χ3n) is 4.40. The first-order valence-electron chi connectivity index (χ1n) is 7.26. The number of amides is 1. The Morgan fingerprint density at radius 1 is 1.24 bits per heavy atom. The highest BCUT2D eigenvalue weighted by Gasteiger charge is 2.31. The lowest BCUT2D eigenvalue weighted by molar-refractivity contribution is -0.138. The van der Waals surface area contributed by atoms with Gasteiger partial charge in [0.15, 0.2) is 0 Å². The highest BCUT2D eigenvalue weighted by Crippen LogP contribution is 2.26. The second kappa shape index (κ2) is 5.85. The van der Waals surface area contributed by atoms with E-state index in [1.54, 1.807) is 0 Å². The molecule has 1 saturated heterocycles. The molecule has 1 saturated carbocycles. The summed E-state index contributed by atoms with van der Waals surface area (Å²) in [6, 6.07) is 1.12. The van der Waals surface area contributed by atoms with Gasteiger partial charge in [-0.1, -0.05) is 12.8 Å². The van der Waals surface area contributed by atoms with E-state index in [0.29, 0.717) is 18.0 Å². The molecule has 2 unspecified atom stereocenters. The second-order valence-corrected chi connectivity index (χ2v) is 5.65. The minimum atomic E-state index is 0.228. The molecule has 1 heterocycles. The molecule has 3 nitrogen and oxygen atoms in total. The van der Waals surface area contributed by atoms with Gasteiger partial charge in [-0.05, 0) is 39.5 Å². The van der Waals surface area contributed by atoms with Crippen LogP contribution in [0.25, 0.3) is 0 Å². The number of nitrogens with one attached hydrogen (secondary N) is 1. The largest absolute Gasteiger partial charge is 0.340 e. The van der Waals surface area contributed by atoms with Gasteiger partial charge in [0.05, 0.1) is 5.92 Å². The van der Waals surface area contributed by atoms with Crippen LogP contribution < -0.4 is 5.32 Å². The Hall–Kier alpha value is -0.570. The number of hydrogen-bond acceptors (Lipinski definition) is 2. The van der Waals surface area contributed by atoms with Crippen molar-refractivity contribution in [1.29, 1.82) is 0 Å². The number of carbonyl (C=O) groups excluding carboxylic acids is 1. The maximum absolute atomic E-state index is 12.5. The highest BCUT2D eigenvalue weighted by atomic mass is 16.2. The molecule has 1 aliphatic heterocycles. The van der Waals surface area contributed by atoms with Gasteiger partial charge < -0.3 is 10.2 Å². The van der Waals surface area contributed by atoms with Gasteiger partial charge in [-0.15, -0.1) is 0 Å². The summed E-state index contributed by atoms with van der Waals surface area (Å²) in [6.07, 6.45) is 7.24. The van der Waals surface area contributed by atoms with Crippen molar-refractivity contribution in [1.82, 2.24) is 10.2 Å². The van der Waals surface area contributed by atoms with E-state index in [4.69, 9.17) is 0 Å². The predicted octanol–water partition coefficient (Wildman–Crippen LogP) is 2.17. The molecule has 0 spiro atoms. The fourth-order valence-corrected chi connectivity index (χ4v) is 3.25. The lowest BCUT2D eigenvalue weighted by Crippen LogP contribution is -2.48. The monoisotopic (exact) mass is 238 g/mol. The van der Waals surface area contributed by atoms with Gasteiger partial charge >= 0.3 is 0 Å². The normalized spacial score (nSPS) is 30.5. The average molecular weight is 238 g/mol. The average Bonchev–Trinajstić information content (AvgIpc) is 2.84. The van der Waals surface area contributed by atoms with Crippen molar-refractivity contribution >= 4 is 5.91 Å². The zero-order chi connectivity index (χ0) is 12.3. The highest BCUT2D eigenvalue weighted by molar-refractivity contribution is 5.79. The molecule has 2 atom stereocenters. The number of nitrogens with zero attached hydrogens (tertiary/aromatic N) is 1. The number of carbonyl (C=O) groups is 1. The summed E-state index contributed by atoms with van der Waals surface area (Å²) in [5.41, 5.74) is 0. The molecule has 98 valence electrons. The summed E-state index contributed by atoms with van der Waals surface area (Å²) in [5, 5.41) is 3.44. The molecule has 1 N–H and O–H groups in total. The van der Waals surface area contributed by atoms with Gasteiger partial charge in [0, 0.05) is 25.2 Å². The summed E-state index contributed by atoms with van der Waals surface area (Å²) in [6.45, 7) is 6.09. The van der Waals surface area contributed by atoms with Crippen molar-refractivity contribution in [2.24, 2.45) is 5.92 Å². The number of piperidine rings is 1. The summed E-state index contributed by atoms with van der Waals surface area (Å²) in [7, 11) is 0.